The second-order valence-electron chi connectivity index (χ2n) is 3.90. The predicted octanol–water partition coefficient (Wildman–Crippen LogP) is 1.20. The number of nitrogens with two attached hydrogens (primary N) is 1. The van der Waals surface area contributed by atoms with Crippen LogP contribution in [0.5, 0.6) is 0 Å². The largest absolute Gasteiger partial charge is 0.326 e. The highest BCUT2D eigenvalue weighted by Crippen LogP contribution is 2.25. The molecule has 4 heteroatoms. The lowest BCUT2D eigenvalue weighted by Crippen LogP contribution is -2.28. The summed E-state index contributed by atoms with van der Waals surface area (Å²) >= 11 is 0. The van der Waals surface area contributed by atoms with Crippen molar-refractivity contribution < 1.29 is 9.18 Å². The fourth-order valence-corrected chi connectivity index (χ4v) is 1.84. The Hall–Kier alpha value is -1.42. The first kappa shape index (κ1) is 10.1. The molecule has 2 rings (SSSR count). The van der Waals surface area contributed by atoms with Gasteiger partial charge in [0.05, 0.1) is 0 Å². The van der Waals surface area contributed by atoms with Gasteiger partial charge in [0.25, 0.3) is 0 Å². The number of carbonyl (C=O) groups excluding carboxylic acids is 1. The van der Waals surface area contributed by atoms with Crippen molar-refractivity contribution >= 4 is 11.6 Å². The fraction of sp³-hybridized carbons (Fsp3) is 0.364. The Kier molecular flexibility index (Phi) is 2.44. The molecule has 2 N–H and O–H groups in total. The normalized spacial score (nSPS) is 21.1. The average molecular weight is 208 g/mol. The maximum Gasteiger partial charge on any atom is 0.228 e. The molecule has 1 aliphatic heterocycles. The Balaban J connectivity index is 2.37. The molecule has 80 valence electrons. The Labute approximate surface area is 87.7 Å². The van der Waals surface area contributed by atoms with Crippen LogP contribution in [-0.2, 0) is 4.79 Å². The van der Waals surface area contributed by atoms with Gasteiger partial charge in [-0.05, 0) is 24.6 Å². The van der Waals surface area contributed by atoms with Crippen LogP contribution in [0.4, 0.5) is 10.1 Å². The van der Waals surface area contributed by atoms with Gasteiger partial charge in [-0.1, -0.05) is 6.07 Å². The maximum atomic E-state index is 13.1. The molecule has 0 aromatic heterocycles. The molecule has 1 heterocycles. The van der Waals surface area contributed by atoms with Crippen molar-refractivity contribution in [2.45, 2.75) is 19.4 Å². The molecule has 0 spiro atoms. The SMILES string of the molecule is Cc1ccc(F)cc1N1CC(N)CC1=O. The van der Waals surface area contributed by atoms with Crippen LogP contribution < -0.4 is 10.6 Å². The van der Waals surface area contributed by atoms with Crippen LogP contribution in [-0.4, -0.2) is 18.5 Å². The molecular weight excluding hydrogens is 195 g/mol. The van der Waals surface area contributed by atoms with E-state index in [0.29, 0.717) is 18.7 Å². The highest BCUT2D eigenvalue weighted by atomic mass is 19.1. The summed E-state index contributed by atoms with van der Waals surface area (Å²) in [7, 11) is 0. The van der Waals surface area contributed by atoms with Crippen LogP contribution in [0.25, 0.3) is 0 Å². The van der Waals surface area contributed by atoms with Gasteiger partial charge in [0.1, 0.15) is 5.82 Å². The van der Waals surface area contributed by atoms with Gasteiger partial charge in [0.15, 0.2) is 0 Å². The van der Waals surface area contributed by atoms with Crippen molar-refractivity contribution in [3.8, 4) is 0 Å². The summed E-state index contributed by atoms with van der Waals surface area (Å²) in [5, 5.41) is 0. The summed E-state index contributed by atoms with van der Waals surface area (Å²) in [5.74, 6) is -0.361. The Morgan fingerprint density at radius 2 is 2.27 bits per heavy atom. The van der Waals surface area contributed by atoms with Crippen molar-refractivity contribution in [1.29, 1.82) is 0 Å². The second-order valence-corrected chi connectivity index (χ2v) is 3.90. The van der Waals surface area contributed by atoms with Crippen LogP contribution in [0.3, 0.4) is 0 Å². The van der Waals surface area contributed by atoms with Crippen LogP contribution in [0.2, 0.25) is 0 Å². The van der Waals surface area contributed by atoms with Crippen molar-refractivity contribution in [1.82, 2.24) is 0 Å². The van der Waals surface area contributed by atoms with Gasteiger partial charge in [0, 0.05) is 24.7 Å². The Morgan fingerprint density at radius 3 is 2.87 bits per heavy atom. The molecule has 0 aliphatic carbocycles. The molecule has 1 saturated heterocycles. The molecule has 15 heavy (non-hydrogen) atoms. The number of carbonyl (C=O) groups is 1. The number of halogens is 1. The molecular formula is C11H13FN2O. The number of hydrogen-bond donors (Lipinski definition) is 1. The summed E-state index contributed by atoms with van der Waals surface area (Å²) in [4.78, 5) is 13.1. The van der Waals surface area contributed by atoms with E-state index in [-0.39, 0.29) is 17.8 Å². The van der Waals surface area contributed by atoms with Gasteiger partial charge < -0.3 is 10.6 Å². The zero-order valence-electron chi connectivity index (χ0n) is 8.53. The zero-order chi connectivity index (χ0) is 11.0. The Bertz CT molecular complexity index is 406. The number of rotatable bonds is 1. The number of aryl methyl sites for hydroxylation is 1. The molecule has 1 aromatic carbocycles. The summed E-state index contributed by atoms with van der Waals surface area (Å²) < 4.78 is 13.1. The lowest BCUT2D eigenvalue weighted by Gasteiger charge is -2.18. The quantitative estimate of drug-likeness (QED) is 0.753. The molecule has 1 unspecified atom stereocenters. The summed E-state index contributed by atoms with van der Waals surface area (Å²) in [5.41, 5.74) is 7.20. The summed E-state index contributed by atoms with van der Waals surface area (Å²) in [6.07, 6.45) is 0.343. The number of benzene rings is 1. The smallest absolute Gasteiger partial charge is 0.228 e. The summed E-state index contributed by atoms with van der Waals surface area (Å²) in [6, 6.07) is 4.30. The van der Waals surface area contributed by atoms with Gasteiger partial charge in [-0.3, -0.25) is 4.79 Å². The first-order chi connectivity index (χ1) is 7.08. The van der Waals surface area contributed by atoms with E-state index < -0.39 is 0 Å². The number of hydrogen-bond acceptors (Lipinski definition) is 2. The first-order valence-electron chi connectivity index (χ1n) is 4.90. The standard InChI is InChI=1S/C11H13FN2O/c1-7-2-3-8(12)4-10(7)14-6-9(13)5-11(14)15/h2-4,9H,5-6,13H2,1H3. The van der Waals surface area contributed by atoms with Crippen LogP contribution >= 0.6 is 0 Å². The Morgan fingerprint density at radius 1 is 1.53 bits per heavy atom. The fourth-order valence-electron chi connectivity index (χ4n) is 1.84. The first-order valence-corrected chi connectivity index (χ1v) is 4.90. The van der Waals surface area contributed by atoms with Crippen molar-refractivity contribution in [2.75, 3.05) is 11.4 Å². The number of amides is 1. The highest BCUT2D eigenvalue weighted by Gasteiger charge is 2.28. The lowest BCUT2D eigenvalue weighted by atomic mass is 10.2. The summed E-state index contributed by atoms with van der Waals surface area (Å²) in [6.45, 7) is 2.33. The van der Waals surface area contributed by atoms with Gasteiger partial charge in [-0.25, -0.2) is 4.39 Å². The van der Waals surface area contributed by atoms with Gasteiger partial charge in [-0.2, -0.15) is 0 Å². The van der Waals surface area contributed by atoms with E-state index in [1.807, 2.05) is 6.92 Å². The molecule has 1 atom stereocenters. The highest BCUT2D eigenvalue weighted by molar-refractivity contribution is 5.96. The topological polar surface area (TPSA) is 46.3 Å². The minimum atomic E-state index is -0.330. The van der Waals surface area contributed by atoms with Crippen LogP contribution in [0.15, 0.2) is 18.2 Å². The number of nitrogens with zero attached hydrogens (tertiary/aromatic N) is 1. The molecule has 1 amide bonds. The zero-order valence-corrected chi connectivity index (χ0v) is 8.53. The van der Waals surface area contributed by atoms with Gasteiger partial charge >= 0.3 is 0 Å². The molecule has 0 saturated carbocycles. The third-order valence-corrected chi connectivity index (χ3v) is 2.62. The van der Waals surface area contributed by atoms with Crippen LogP contribution in [0.1, 0.15) is 12.0 Å². The molecule has 1 fully saturated rings. The monoisotopic (exact) mass is 208 g/mol. The van der Waals surface area contributed by atoms with E-state index in [2.05, 4.69) is 0 Å². The van der Waals surface area contributed by atoms with E-state index in [1.165, 1.54) is 12.1 Å². The van der Waals surface area contributed by atoms with Crippen molar-refractivity contribution in [3.63, 3.8) is 0 Å². The molecule has 1 aromatic rings. The van der Waals surface area contributed by atoms with Gasteiger partial charge in [0.2, 0.25) is 5.91 Å². The predicted molar refractivity (Wildman–Crippen MR) is 56.1 cm³/mol. The average Bonchev–Trinajstić information content (AvgIpc) is 2.50. The molecule has 0 radical (unpaired) electrons. The molecule has 3 nitrogen and oxygen atoms in total. The van der Waals surface area contributed by atoms with E-state index in [9.17, 15) is 9.18 Å². The molecule has 0 bridgehead atoms. The van der Waals surface area contributed by atoms with Gasteiger partial charge in [-0.15, -0.1) is 0 Å². The third kappa shape index (κ3) is 1.85. The van der Waals surface area contributed by atoms with E-state index in [1.54, 1.807) is 11.0 Å². The second kappa shape index (κ2) is 3.62. The van der Waals surface area contributed by atoms with E-state index in [0.717, 1.165) is 5.56 Å². The lowest BCUT2D eigenvalue weighted by molar-refractivity contribution is -0.117. The number of anilines is 1. The van der Waals surface area contributed by atoms with Crippen molar-refractivity contribution in [2.24, 2.45) is 5.73 Å². The minimum absolute atomic E-state index is 0.0313. The molecule has 1 aliphatic rings. The van der Waals surface area contributed by atoms with Crippen molar-refractivity contribution in [3.05, 3.63) is 29.6 Å². The third-order valence-electron chi connectivity index (χ3n) is 2.62. The minimum Gasteiger partial charge on any atom is -0.326 e. The van der Waals surface area contributed by atoms with E-state index >= 15 is 0 Å². The van der Waals surface area contributed by atoms with Crippen LogP contribution in [0, 0.1) is 12.7 Å². The maximum absolute atomic E-state index is 13.1. The van der Waals surface area contributed by atoms with E-state index in [4.69, 9.17) is 5.73 Å².